The Morgan fingerprint density at radius 1 is 1.33 bits per heavy atom. The van der Waals surface area contributed by atoms with Crippen LogP contribution in [-0.4, -0.2) is 22.1 Å². The van der Waals surface area contributed by atoms with E-state index in [1.807, 2.05) is 0 Å². The molecule has 7 nitrogen and oxygen atoms in total. The van der Waals surface area contributed by atoms with Crippen molar-refractivity contribution in [3.05, 3.63) is 17.5 Å². The predicted octanol–water partition coefficient (Wildman–Crippen LogP) is -2.51. The Hall–Kier alpha value is -2.05. The van der Waals surface area contributed by atoms with E-state index in [2.05, 4.69) is 15.4 Å². The second-order valence-electron chi connectivity index (χ2n) is 1.96. The molecule has 62 valence electrons. The van der Waals surface area contributed by atoms with E-state index in [1.54, 1.807) is 0 Å². The Kier molecular flexibility index (Phi) is 1.95. The van der Waals surface area contributed by atoms with Gasteiger partial charge in [-0.3, -0.25) is 9.59 Å². The molecule has 0 aromatic carbocycles. The average molecular weight is 168 g/mol. The number of H-pyrrole nitrogens is 1. The summed E-state index contributed by atoms with van der Waals surface area (Å²) in [6.07, 6.45) is 1.16. The monoisotopic (exact) mass is 168 g/mol. The summed E-state index contributed by atoms with van der Waals surface area (Å²) in [4.78, 5) is 21.3. The molecule has 0 saturated carbocycles. The van der Waals surface area contributed by atoms with E-state index in [0.29, 0.717) is 0 Å². The van der Waals surface area contributed by atoms with Gasteiger partial charge in [0.05, 0.1) is 5.10 Å². The second kappa shape index (κ2) is 2.91. The molecular weight excluding hydrogens is 162 g/mol. The van der Waals surface area contributed by atoms with Crippen LogP contribution in [0.1, 0.15) is 20.8 Å². The van der Waals surface area contributed by atoms with Gasteiger partial charge in [-0.1, -0.05) is 0 Å². The van der Waals surface area contributed by atoms with E-state index in [-0.39, 0.29) is 11.3 Å². The van der Waals surface area contributed by atoms with Crippen LogP contribution in [0.25, 0.3) is 0 Å². The van der Waals surface area contributed by atoms with Gasteiger partial charge in [0.1, 0.15) is 17.0 Å². The fourth-order valence-corrected chi connectivity index (χ4v) is 0.664. The Bertz CT molecular complexity index is 303. The Morgan fingerprint density at radius 2 is 2.00 bits per heavy atom. The van der Waals surface area contributed by atoms with Crippen LogP contribution in [0.15, 0.2) is 6.20 Å². The average Bonchev–Trinajstić information content (AvgIpc) is 2.04. The number of carbonyl (C=O) groups is 2. The number of hydrogen-bond donors (Lipinski definition) is 2. The lowest BCUT2D eigenvalue weighted by Gasteiger charge is -1.90. The zero-order chi connectivity index (χ0) is 9.14. The molecule has 0 radical (unpaired) electrons. The minimum Gasteiger partial charge on any atom is -0.365 e. The van der Waals surface area contributed by atoms with Crippen LogP contribution < -0.4 is 16.6 Å². The maximum atomic E-state index is 10.7. The number of nitrogens with two attached hydrogens (primary N) is 2. The Morgan fingerprint density at radius 3 is 2.42 bits per heavy atom. The second-order valence-corrected chi connectivity index (χ2v) is 1.96. The van der Waals surface area contributed by atoms with Gasteiger partial charge in [0.2, 0.25) is 0 Å². The molecule has 0 aliphatic rings. The third-order valence-corrected chi connectivity index (χ3v) is 1.17. The third kappa shape index (κ3) is 1.34. The molecule has 2 amide bonds. The van der Waals surface area contributed by atoms with Crippen LogP contribution in [0, 0.1) is 0 Å². The number of carbonyl (C=O) groups excluding carboxylic acids is 2. The summed E-state index contributed by atoms with van der Waals surface area (Å²) in [5.74, 6) is -1.62. The van der Waals surface area contributed by atoms with Crippen molar-refractivity contribution in [2.45, 2.75) is 0 Å². The summed E-state index contributed by atoms with van der Waals surface area (Å²) in [7, 11) is 0. The standard InChI is InChI=1S/C5H5N5O2/c6-4(11)2-1-8-10-9-3(2)5(7)12/h1H,(H2,6,11)(H2,7,12)/p+1. The Labute approximate surface area is 66.8 Å². The lowest BCUT2D eigenvalue weighted by molar-refractivity contribution is -0.464. The summed E-state index contributed by atoms with van der Waals surface area (Å²) in [6.45, 7) is 0. The topological polar surface area (TPSA) is 126 Å². The first-order valence-electron chi connectivity index (χ1n) is 2.96. The van der Waals surface area contributed by atoms with Crippen molar-refractivity contribution in [2.75, 3.05) is 0 Å². The summed E-state index contributed by atoms with van der Waals surface area (Å²) in [5, 5.41) is 8.85. The van der Waals surface area contributed by atoms with E-state index < -0.39 is 11.8 Å². The first-order chi connectivity index (χ1) is 5.63. The number of aromatic amines is 1. The molecule has 0 aliphatic heterocycles. The predicted molar refractivity (Wildman–Crippen MR) is 35.6 cm³/mol. The number of nitrogens with zero attached hydrogens (tertiary/aromatic N) is 2. The molecule has 1 aromatic heterocycles. The van der Waals surface area contributed by atoms with Gasteiger partial charge in [-0.25, -0.2) is 0 Å². The summed E-state index contributed by atoms with van der Waals surface area (Å²) in [5.41, 5.74) is 9.50. The largest absolute Gasteiger partial charge is 0.365 e. The molecule has 1 rings (SSSR count). The van der Waals surface area contributed by atoms with Crippen molar-refractivity contribution in [2.24, 2.45) is 11.5 Å². The van der Waals surface area contributed by atoms with E-state index in [1.165, 1.54) is 0 Å². The number of amides is 2. The lowest BCUT2D eigenvalue weighted by Crippen LogP contribution is -2.27. The zero-order valence-electron chi connectivity index (χ0n) is 5.94. The highest BCUT2D eigenvalue weighted by Crippen LogP contribution is 1.97. The molecule has 12 heavy (non-hydrogen) atoms. The van der Waals surface area contributed by atoms with Gasteiger partial charge in [-0.05, 0) is 0 Å². The smallest absolute Gasteiger partial charge is 0.296 e. The van der Waals surface area contributed by atoms with Gasteiger partial charge >= 0.3 is 0 Å². The molecule has 7 heteroatoms. The minimum absolute atomic E-state index is 0.0718. The third-order valence-electron chi connectivity index (χ3n) is 1.17. The molecule has 0 fully saturated rings. The van der Waals surface area contributed by atoms with Crippen molar-refractivity contribution < 1.29 is 14.7 Å². The van der Waals surface area contributed by atoms with Gasteiger partial charge in [0.15, 0.2) is 0 Å². The highest BCUT2D eigenvalue weighted by Gasteiger charge is 2.20. The highest BCUT2D eigenvalue weighted by atomic mass is 16.2. The van der Waals surface area contributed by atoms with Crippen molar-refractivity contribution in [3.63, 3.8) is 0 Å². The number of rotatable bonds is 2. The molecule has 0 saturated heterocycles. The Balaban J connectivity index is 3.27. The van der Waals surface area contributed by atoms with Crippen molar-refractivity contribution in [1.29, 1.82) is 0 Å². The summed E-state index contributed by atoms with van der Waals surface area (Å²) in [6, 6.07) is 0. The van der Waals surface area contributed by atoms with Gasteiger partial charge in [-0.2, -0.15) is 5.10 Å². The van der Waals surface area contributed by atoms with E-state index in [0.717, 1.165) is 6.20 Å². The fraction of sp³-hybridized carbons (Fsp3) is 0. The summed E-state index contributed by atoms with van der Waals surface area (Å²) < 4.78 is 0. The van der Waals surface area contributed by atoms with Crippen LogP contribution >= 0.6 is 0 Å². The molecule has 0 unspecified atom stereocenters. The maximum absolute atomic E-state index is 10.7. The van der Waals surface area contributed by atoms with Crippen LogP contribution in [0.5, 0.6) is 0 Å². The van der Waals surface area contributed by atoms with Crippen LogP contribution in [-0.2, 0) is 0 Å². The van der Waals surface area contributed by atoms with E-state index in [4.69, 9.17) is 11.5 Å². The number of aromatic nitrogens is 3. The minimum atomic E-state index is -0.842. The first kappa shape index (κ1) is 8.05. The molecule has 0 bridgehead atoms. The molecule has 0 aliphatic carbocycles. The first-order valence-corrected chi connectivity index (χ1v) is 2.96. The number of primary amides is 2. The molecule has 0 spiro atoms. The lowest BCUT2D eigenvalue weighted by atomic mass is 10.2. The zero-order valence-corrected chi connectivity index (χ0v) is 5.94. The quantitative estimate of drug-likeness (QED) is 0.505. The van der Waals surface area contributed by atoms with Gasteiger partial charge in [0.25, 0.3) is 17.5 Å². The SMILES string of the molecule is NC(=O)c1c[nH+]nnc1C(N)=O. The van der Waals surface area contributed by atoms with Gasteiger partial charge in [0, 0.05) is 0 Å². The molecule has 0 atom stereocenters. The number of hydrogen-bond acceptors (Lipinski definition) is 4. The van der Waals surface area contributed by atoms with E-state index in [9.17, 15) is 9.59 Å². The van der Waals surface area contributed by atoms with Crippen LogP contribution in [0.3, 0.4) is 0 Å². The van der Waals surface area contributed by atoms with Gasteiger partial charge in [-0.15, -0.1) is 0 Å². The van der Waals surface area contributed by atoms with Crippen LogP contribution in [0.4, 0.5) is 0 Å². The van der Waals surface area contributed by atoms with Crippen LogP contribution in [0.2, 0.25) is 0 Å². The molecular formula is C5H6N5O2+. The summed E-state index contributed by atoms with van der Waals surface area (Å²) >= 11 is 0. The molecule has 1 aromatic rings. The molecule has 1 heterocycles. The maximum Gasteiger partial charge on any atom is 0.296 e. The van der Waals surface area contributed by atoms with Crippen molar-refractivity contribution >= 4 is 11.8 Å². The van der Waals surface area contributed by atoms with Crippen molar-refractivity contribution in [3.8, 4) is 0 Å². The van der Waals surface area contributed by atoms with Gasteiger partial charge < -0.3 is 11.5 Å². The normalized spacial score (nSPS) is 9.33. The number of nitrogens with one attached hydrogen (secondary N) is 1. The van der Waals surface area contributed by atoms with Crippen molar-refractivity contribution in [1.82, 2.24) is 10.3 Å². The highest BCUT2D eigenvalue weighted by molar-refractivity contribution is 6.04. The molecule has 5 N–H and O–H groups in total. The van der Waals surface area contributed by atoms with E-state index >= 15 is 0 Å². The fourth-order valence-electron chi connectivity index (χ4n) is 0.664.